The maximum Gasteiger partial charge on any atom is 0.0795 e. The smallest absolute Gasteiger partial charge is 0.0795 e. The number of hydrogen-bond donors (Lipinski definition) is 0. The first kappa shape index (κ1) is 18.1. The van der Waals surface area contributed by atoms with Crippen LogP contribution in [0.3, 0.4) is 0 Å². The molecule has 3 heterocycles. The van der Waals surface area contributed by atoms with Gasteiger partial charge in [-0.05, 0) is 62.8 Å². The van der Waals surface area contributed by atoms with Gasteiger partial charge in [0.15, 0.2) is 0 Å². The fraction of sp³-hybridized carbons (Fsp3) is 0.148. The number of rotatable bonds is 1. The van der Waals surface area contributed by atoms with Gasteiger partial charge in [-0.1, -0.05) is 51.1 Å². The molecule has 1 nitrogen and oxygen atoms in total. The van der Waals surface area contributed by atoms with E-state index in [2.05, 4.69) is 86.8 Å². The Morgan fingerprint density at radius 3 is 2.50 bits per heavy atom. The van der Waals surface area contributed by atoms with Crippen LogP contribution in [0.4, 0.5) is 0 Å². The van der Waals surface area contributed by atoms with E-state index in [0.717, 1.165) is 5.69 Å². The minimum Gasteiger partial charge on any atom is -0.256 e. The molecule has 3 aromatic heterocycles. The molecule has 0 atom stereocenters. The van der Waals surface area contributed by atoms with Crippen LogP contribution in [0.5, 0.6) is 0 Å². The minimum atomic E-state index is 0.0568. The van der Waals surface area contributed by atoms with E-state index in [1.54, 1.807) is 0 Å². The van der Waals surface area contributed by atoms with Gasteiger partial charge >= 0.3 is 0 Å². The molecule has 0 unspecified atom stereocenters. The summed E-state index contributed by atoms with van der Waals surface area (Å²) in [7, 11) is 0. The zero-order valence-electron chi connectivity index (χ0n) is 17.2. The summed E-state index contributed by atoms with van der Waals surface area (Å²) in [4.78, 5) is 4.93. The first-order valence-electron chi connectivity index (χ1n) is 10.2. The predicted octanol–water partition coefficient (Wildman–Crippen LogP) is 8.78. The standard InChI is InChI=1S/C27H21NS2/c1-27(2,3)20-15-18(14-17-6-4-5-7-19(17)20)25-23-22(10-12-28-25)30-21-9-8-16-11-13-29-26(16)24(21)23/h4-15H,1-3H3. The first-order chi connectivity index (χ1) is 14.5. The highest BCUT2D eigenvalue weighted by Gasteiger charge is 2.20. The molecular formula is C27H21NS2. The van der Waals surface area contributed by atoms with Crippen LogP contribution in [0.1, 0.15) is 26.3 Å². The molecule has 0 aliphatic rings. The lowest BCUT2D eigenvalue weighted by Gasteiger charge is -2.23. The summed E-state index contributed by atoms with van der Waals surface area (Å²) in [6, 6.07) is 22.3. The molecule has 3 aromatic carbocycles. The van der Waals surface area contributed by atoms with E-state index in [1.165, 1.54) is 52.2 Å². The van der Waals surface area contributed by atoms with Crippen LogP contribution in [0.25, 0.3) is 52.3 Å². The van der Waals surface area contributed by atoms with Crippen LogP contribution in [0.2, 0.25) is 0 Å². The summed E-state index contributed by atoms with van der Waals surface area (Å²) < 4.78 is 4.01. The Labute approximate surface area is 183 Å². The molecule has 30 heavy (non-hydrogen) atoms. The quantitative estimate of drug-likeness (QED) is 0.257. The van der Waals surface area contributed by atoms with Crippen LogP contribution in [-0.2, 0) is 5.41 Å². The van der Waals surface area contributed by atoms with Gasteiger partial charge in [-0.15, -0.1) is 22.7 Å². The molecule has 0 saturated carbocycles. The molecule has 146 valence electrons. The lowest BCUT2D eigenvalue weighted by atomic mass is 9.82. The first-order valence-corrected chi connectivity index (χ1v) is 11.9. The van der Waals surface area contributed by atoms with Crippen LogP contribution in [-0.4, -0.2) is 4.98 Å². The number of benzene rings is 3. The molecule has 0 amide bonds. The summed E-state index contributed by atoms with van der Waals surface area (Å²) >= 11 is 3.70. The van der Waals surface area contributed by atoms with E-state index in [-0.39, 0.29) is 5.41 Å². The van der Waals surface area contributed by atoms with E-state index in [0.29, 0.717) is 0 Å². The second kappa shape index (κ2) is 6.37. The molecule has 0 radical (unpaired) electrons. The average molecular weight is 424 g/mol. The van der Waals surface area contributed by atoms with Crippen molar-refractivity contribution in [2.24, 2.45) is 0 Å². The molecule has 0 aliphatic carbocycles. The van der Waals surface area contributed by atoms with Crippen molar-refractivity contribution in [2.45, 2.75) is 26.2 Å². The Balaban J connectivity index is 1.76. The molecule has 0 saturated heterocycles. The van der Waals surface area contributed by atoms with Crippen LogP contribution in [0.15, 0.2) is 72.2 Å². The lowest BCUT2D eigenvalue weighted by molar-refractivity contribution is 0.596. The summed E-state index contributed by atoms with van der Waals surface area (Å²) in [6.45, 7) is 6.88. The monoisotopic (exact) mass is 423 g/mol. The van der Waals surface area contributed by atoms with Crippen molar-refractivity contribution in [1.82, 2.24) is 4.98 Å². The van der Waals surface area contributed by atoms with Crippen molar-refractivity contribution in [3.63, 3.8) is 0 Å². The third-order valence-corrected chi connectivity index (χ3v) is 7.98. The number of thiophene rings is 2. The van der Waals surface area contributed by atoms with Crippen LogP contribution < -0.4 is 0 Å². The highest BCUT2D eigenvalue weighted by molar-refractivity contribution is 7.27. The highest BCUT2D eigenvalue weighted by atomic mass is 32.1. The second-order valence-electron chi connectivity index (χ2n) is 8.91. The predicted molar refractivity (Wildman–Crippen MR) is 134 cm³/mol. The molecular weight excluding hydrogens is 402 g/mol. The van der Waals surface area contributed by atoms with Gasteiger partial charge in [-0.3, -0.25) is 4.98 Å². The van der Waals surface area contributed by atoms with Gasteiger partial charge in [-0.2, -0.15) is 0 Å². The van der Waals surface area contributed by atoms with E-state index in [1.807, 2.05) is 28.9 Å². The van der Waals surface area contributed by atoms with Gasteiger partial charge in [0.25, 0.3) is 0 Å². The van der Waals surface area contributed by atoms with Crippen LogP contribution >= 0.6 is 22.7 Å². The summed E-state index contributed by atoms with van der Waals surface area (Å²) in [5.74, 6) is 0. The van der Waals surface area contributed by atoms with Gasteiger partial charge in [0.1, 0.15) is 0 Å². The van der Waals surface area contributed by atoms with Crippen molar-refractivity contribution in [1.29, 1.82) is 0 Å². The summed E-state index contributed by atoms with van der Waals surface area (Å²) in [5, 5.41) is 8.76. The Morgan fingerprint density at radius 1 is 0.800 bits per heavy atom. The van der Waals surface area contributed by atoms with E-state index < -0.39 is 0 Å². The Morgan fingerprint density at radius 2 is 1.63 bits per heavy atom. The molecule has 0 N–H and O–H groups in total. The van der Waals surface area contributed by atoms with Crippen molar-refractivity contribution >= 4 is 63.7 Å². The molecule has 0 aliphatic heterocycles. The molecule has 6 aromatic rings. The van der Waals surface area contributed by atoms with Gasteiger partial charge in [0.05, 0.1) is 5.69 Å². The van der Waals surface area contributed by atoms with Crippen molar-refractivity contribution in [3.8, 4) is 11.3 Å². The number of nitrogens with zero attached hydrogens (tertiary/aromatic N) is 1. The molecule has 0 fully saturated rings. The maximum atomic E-state index is 4.93. The van der Waals surface area contributed by atoms with E-state index in [9.17, 15) is 0 Å². The van der Waals surface area contributed by atoms with Crippen LogP contribution in [0, 0.1) is 0 Å². The lowest BCUT2D eigenvalue weighted by Crippen LogP contribution is -2.12. The fourth-order valence-corrected chi connectivity index (χ4v) is 6.64. The SMILES string of the molecule is CC(C)(C)c1cc(-c2nccc3sc4ccc5ccsc5c4c23)cc2ccccc12. The van der Waals surface area contributed by atoms with Crippen molar-refractivity contribution in [2.75, 3.05) is 0 Å². The third kappa shape index (κ3) is 2.62. The highest BCUT2D eigenvalue weighted by Crippen LogP contribution is 2.44. The number of hydrogen-bond acceptors (Lipinski definition) is 3. The second-order valence-corrected chi connectivity index (χ2v) is 10.9. The fourth-order valence-electron chi connectivity index (χ4n) is 4.51. The zero-order chi connectivity index (χ0) is 20.5. The van der Waals surface area contributed by atoms with Crippen molar-refractivity contribution in [3.05, 3.63) is 77.8 Å². The topological polar surface area (TPSA) is 12.9 Å². The van der Waals surface area contributed by atoms with Gasteiger partial charge in [0.2, 0.25) is 0 Å². The van der Waals surface area contributed by atoms with Gasteiger partial charge in [0, 0.05) is 36.6 Å². The molecule has 3 heteroatoms. The Kier molecular flexibility index (Phi) is 3.83. The zero-order valence-corrected chi connectivity index (χ0v) is 18.8. The van der Waals surface area contributed by atoms with Crippen molar-refractivity contribution < 1.29 is 0 Å². The van der Waals surface area contributed by atoms with Gasteiger partial charge in [-0.25, -0.2) is 0 Å². The normalized spacial score (nSPS) is 12.5. The molecule has 6 rings (SSSR count). The number of aromatic nitrogens is 1. The van der Waals surface area contributed by atoms with E-state index in [4.69, 9.17) is 4.98 Å². The summed E-state index contributed by atoms with van der Waals surface area (Å²) in [6.07, 6.45) is 1.96. The molecule has 0 bridgehead atoms. The number of fused-ring (bicyclic) bond motifs is 6. The largest absolute Gasteiger partial charge is 0.256 e. The van der Waals surface area contributed by atoms with E-state index >= 15 is 0 Å². The summed E-state index contributed by atoms with van der Waals surface area (Å²) in [5.41, 5.74) is 3.73. The Bertz CT molecular complexity index is 1580. The Hall–Kier alpha value is -2.75. The maximum absolute atomic E-state index is 4.93. The minimum absolute atomic E-state index is 0.0568. The average Bonchev–Trinajstić information content (AvgIpc) is 3.35. The third-order valence-electron chi connectivity index (χ3n) is 5.91. The number of pyridine rings is 1. The van der Waals surface area contributed by atoms with Gasteiger partial charge < -0.3 is 0 Å². The molecule has 0 spiro atoms.